The van der Waals surface area contributed by atoms with Crippen molar-refractivity contribution in [3.8, 4) is 17.6 Å². The van der Waals surface area contributed by atoms with Crippen molar-refractivity contribution in [1.82, 2.24) is 0 Å². The monoisotopic (exact) mass is 503 g/mol. The molecule has 1 N–H and O–H groups in total. The van der Waals surface area contributed by atoms with Gasteiger partial charge in [-0.1, -0.05) is 36.0 Å². The van der Waals surface area contributed by atoms with Crippen molar-refractivity contribution in [2.24, 2.45) is 0 Å². The Morgan fingerprint density at radius 2 is 1.75 bits per heavy atom. The predicted octanol–water partition coefficient (Wildman–Crippen LogP) is 4.91. The normalized spacial score (nSPS) is 16.3. The van der Waals surface area contributed by atoms with Gasteiger partial charge < -0.3 is 14.8 Å². The van der Waals surface area contributed by atoms with Crippen LogP contribution in [0.5, 0.6) is 11.5 Å². The second-order valence-corrected chi connectivity index (χ2v) is 8.95. The number of nitriles is 1. The lowest BCUT2D eigenvalue weighted by molar-refractivity contribution is -0.117. The fourth-order valence-electron chi connectivity index (χ4n) is 3.72. The molecule has 1 aliphatic rings. The summed E-state index contributed by atoms with van der Waals surface area (Å²) in [5, 5.41) is 12.3. The molecule has 36 heavy (non-hydrogen) atoms. The maximum Gasteiger partial charge on any atom is 0.269 e. The molecule has 1 fully saturated rings. The van der Waals surface area contributed by atoms with Gasteiger partial charge in [0.2, 0.25) is 5.91 Å². The second kappa shape index (κ2) is 11.0. The van der Waals surface area contributed by atoms with Crippen molar-refractivity contribution in [2.45, 2.75) is 11.7 Å². The molecule has 1 atom stereocenters. The van der Waals surface area contributed by atoms with Gasteiger partial charge in [-0.2, -0.15) is 5.26 Å². The van der Waals surface area contributed by atoms with Crippen molar-refractivity contribution in [2.75, 3.05) is 24.4 Å². The van der Waals surface area contributed by atoms with Crippen LogP contribution in [0.2, 0.25) is 0 Å². The molecule has 1 heterocycles. The summed E-state index contributed by atoms with van der Waals surface area (Å²) in [6, 6.07) is 21.5. The average molecular weight is 504 g/mol. The number of hydrogen-bond donors (Lipinski definition) is 1. The third-order valence-electron chi connectivity index (χ3n) is 5.53. The van der Waals surface area contributed by atoms with Gasteiger partial charge in [-0.25, -0.2) is 4.39 Å². The van der Waals surface area contributed by atoms with Crippen LogP contribution in [-0.2, 0) is 16.0 Å². The zero-order valence-electron chi connectivity index (χ0n) is 19.5. The number of carbonyl (C=O) groups is 2. The zero-order valence-corrected chi connectivity index (χ0v) is 20.3. The number of nitrogens with one attached hydrogen (secondary N) is 1. The number of ether oxygens (including phenoxy) is 2. The molecule has 3 aromatic carbocycles. The van der Waals surface area contributed by atoms with Crippen molar-refractivity contribution < 1.29 is 23.5 Å². The third-order valence-corrected chi connectivity index (χ3v) is 6.79. The van der Waals surface area contributed by atoms with E-state index in [1.807, 2.05) is 6.07 Å². The van der Waals surface area contributed by atoms with Crippen LogP contribution >= 0.6 is 11.8 Å². The predicted molar refractivity (Wildman–Crippen MR) is 136 cm³/mol. The second-order valence-electron chi connectivity index (χ2n) is 7.76. The number of thioether (sulfide) groups is 1. The molecule has 0 saturated carbocycles. The summed E-state index contributed by atoms with van der Waals surface area (Å²) in [5.41, 5.74) is 1.43. The van der Waals surface area contributed by atoms with Crippen molar-refractivity contribution in [1.29, 1.82) is 5.26 Å². The molecule has 1 unspecified atom stereocenters. The highest BCUT2D eigenvalue weighted by molar-refractivity contribution is 8.05. The van der Waals surface area contributed by atoms with E-state index in [9.17, 15) is 19.2 Å². The number of nitrogens with zero attached hydrogens (tertiary/aromatic N) is 2. The van der Waals surface area contributed by atoms with Crippen LogP contribution in [-0.4, -0.2) is 31.3 Å². The topological polar surface area (TPSA) is 91.7 Å². The molecule has 0 radical (unpaired) electrons. The minimum Gasteiger partial charge on any atom is -0.497 e. The molecular weight excluding hydrogens is 481 g/mol. The molecule has 2 amide bonds. The highest BCUT2D eigenvalue weighted by Crippen LogP contribution is 2.42. The molecular formula is C27H22FN3O4S. The number of para-hydroxylation sites is 2. The number of anilines is 2. The zero-order chi connectivity index (χ0) is 25.7. The Morgan fingerprint density at radius 3 is 2.39 bits per heavy atom. The van der Waals surface area contributed by atoms with Crippen LogP contribution in [0.1, 0.15) is 5.56 Å². The first-order chi connectivity index (χ1) is 17.4. The van der Waals surface area contributed by atoms with Gasteiger partial charge in [0, 0.05) is 5.69 Å². The molecule has 182 valence electrons. The van der Waals surface area contributed by atoms with E-state index in [1.54, 1.807) is 60.7 Å². The van der Waals surface area contributed by atoms with E-state index in [4.69, 9.17) is 9.47 Å². The molecule has 1 saturated heterocycles. The largest absolute Gasteiger partial charge is 0.497 e. The van der Waals surface area contributed by atoms with E-state index in [1.165, 1.54) is 31.3 Å². The SMILES string of the molecule is COc1ccc(N2C(=O)C(Cc3ccc(F)cc3)S/C2=C(/C#N)C(=O)Nc2ccccc2OC)cc1. The Kier molecular flexibility index (Phi) is 7.56. The third kappa shape index (κ3) is 5.19. The van der Waals surface area contributed by atoms with Crippen LogP contribution in [0.15, 0.2) is 83.4 Å². The maximum absolute atomic E-state index is 13.5. The molecule has 0 bridgehead atoms. The fraction of sp³-hybridized carbons (Fsp3) is 0.148. The minimum absolute atomic E-state index is 0.211. The van der Waals surface area contributed by atoms with Crippen molar-refractivity contribution in [3.63, 3.8) is 0 Å². The van der Waals surface area contributed by atoms with Gasteiger partial charge in [-0.3, -0.25) is 14.5 Å². The first kappa shape index (κ1) is 24.8. The lowest BCUT2D eigenvalue weighted by Gasteiger charge is -2.19. The summed E-state index contributed by atoms with van der Waals surface area (Å²) >= 11 is 1.13. The lowest BCUT2D eigenvalue weighted by atomic mass is 10.1. The molecule has 7 nitrogen and oxygen atoms in total. The number of benzene rings is 3. The first-order valence-corrected chi connectivity index (χ1v) is 11.8. The molecule has 0 aliphatic carbocycles. The molecule has 0 spiro atoms. The van der Waals surface area contributed by atoms with Gasteiger partial charge in [0.05, 0.1) is 25.2 Å². The van der Waals surface area contributed by atoms with E-state index in [2.05, 4.69) is 5.32 Å². The number of hydrogen-bond acceptors (Lipinski definition) is 6. The quantitative estimate of drug-likeness (QED) is 0.364. The van der Waals surface area contributed by atoms with E-state index >= 15 is 0 Å². The minimum atomic E-state index is -0.668. The fourth-order valence-corrected chi connectivity index (χ4v) is 5.03. The molecule has 9 heteroatoms. The van der Waals surface area contributed by atoms with Crippen molar-refractivity contribution in [3.05, 3.63) is 94.8 Å². The number of methoxy groups -OCH3 is 2. The summed E-state index contributed by atoms with van der Waals surface area (Å²) < 4.78 is 23.9. The highest BCUT2D eigenvalue weighted by atomic mass is 32.2. The Balaban J connectivity index is 1.73. The average Bonchev–Trinajstić information content (AvgIpc) is 3.21. The number of halogens is 1. The van der Waals surface area contributed by atoms with E-state index in [0.717, 1.165) is 17.3 Å². The van der Waals surface area contributed by atoms with E-state index < -0.39 is 11.2 Å². The summed E-state index contributed by atoms with van der Waals surface area (Å²) in [7, 11) is 3.01. The Labute approximate surface area is 212 Å². The Bertz CT molecular complexity index is 1350. The summed E-state index contributed by atoms with van der Waals surface area (Å²) in [4.78, 5) is 28.1. The van der Waals surface area contributed by atoms with Crippen LogP contribution in [0.3, 0.4) is 0 Å². The van der Waals surface area contributed by atoms with Gasteiger partial charge in [0.1, 0.15) is 34.0 Å². The van der Waals surface area contributed by atoms with Gasteiger partial charge in [0.15, 0.2) is 0 Å². The van der Waals surface area contributed by atoms with Crippen LogP contribution in [0.4, 0.5) is 15.8 Å². The number of carbonyl (C=O) groups excluding carboxylic acids is 2. The highest BCUT2D eigenvalue weighted by Gasteiger charge is 2.41. The molecule has 0 aromatic heterocycles. The Hall–Kier alpha value is -4.29. The lowest BCUT2D eigenvalue weighted by Crippen LogP contribution is -2.30. The smallest absolute Gasteiger partial charge is 0.269 e. The maximum atomic E-state index is 13.5. The van der Waals surface area contributed by atoms with Gasteiger partial charge in [-0.15, -0.1) is 0 Å². The first-order valence-electron chi connectivity index (χ1n) is 10.9. The van der Waals surface area contributed by atoms with Crippen LogP contribution < -0.4 is 19.7 Å². The van der Waals surface area contributed by atoms with Gasteiger partial charge >= 0.3 is 0 Å². The molecule has 1 aliphatic heterocycles. The van der Waals surface area contributed by atoms with Crippen LogP contribution in [0, 0.1) is 17.1 Å². The van der Waals surface area contributed by atoms with Gasteiger partial charge in [-0.05, 0) is 60.5 Å². The Morgan fingerprint density at radius 1 is 1.06 bits per heavy atom. The van der Waals surface area contributed by atoms with E-state index in [-0.39, 0.29) is 22.3 Å². The summed E-state index contributed by atoms with van der Waals surface area (Å²) in [6.07, 6.45) is 0.298. The van der Waals surface area contributed by atoms with Crippen LogP contribution in [0.25, 0.3) is 0 Å². The number of rotatable bonds is 7. The summed E-state index contributed by atoms with van der Waals surface area (Å²) in [5.74, 6) is -0.296. The molecule has 3 aromatic rings. The van der Waals surface area contributed by atoms with Crippen molar-refractivity contribution >= 4 is 35.0 Å². The number of amides is 2. The van der Waals surface area contributed by atoms with Gasteiger partial charge in [0.25, 0.3) is 5.91 Å². The molecule has 4 rings (SSSR count). The standard InChI is InChI=1S/C27H22FN3O4S/c1-34-20-13-11-19(12-14-20)31-26(33)24(15-17-7-9-18(28)10-8-17)36-27(31)21(16-29)25(32)30-22-5-3-4-6-23(22)35-2/h3-14,24H,15H2,1-2H3,(H,30,32)/b27-21-. The van der Waals surface area contributed by atoms with E-state index in [0.29, 0.717) is 29.3 Å². The summed E-state index contributed by atoms with van der Waals surface area (Å²) in [6.45, 7) is 0.